The quantitative estimate of drug-likeness (QED) is 0.509. The topological polar surface area (TPSA) is 0 Å². The second kappa shape index (κ2) is 7.24. The van der Waals surface area contributed by atoms with E-state index in [9.17, 15) is 0 Å². The van der Waals surface area contributed by atoms with E-state index in [1.165, 1.54) is 22.3 Å². The first-order valence-corrected chi connectivity index (χ1v) is 7.48. The molecule has 106 valence electrons. The monoisotopic (exact) mass is 282 g/mol. The molecule has 0 N–H and O–H groups in total. The average Bonchev–Trinajstić information content (AvgIpc) is 2.61. The molecule has 0 heterocycles. The van der Waals surface area contributed by atoms with Gasteiger partial charge in [-0.2, -0.15) is 0 Å². The van der Waals surface area contributed by atoms with Gasteiger partial charge >= 0.3 is 0 Å². The molecule has 0 spiro atoms. The molecule has 0 saturated heterocycles. The van der Waals surface area contributed by atoms with Gasteiger partial charge in [0.1, 0.15) is 0 Å². The van der Waals surface area contributed by atoms with Gasteiger partial charge in [-0.1, -0.05) is 109 Å². The van der Waals surface area contributed by atoms with Crippen LogP contribution in [0, 0.1) is 0 Å². The van der Waals surface area contributed by atoms with E-state index in [1.807, 2.05) is 24.3 Å². The molecular formula is C22H18. The molecule has 3 aromatic carbocycles. The molecule has 0 radical (unpaired) electrons. The van der Waals surface area contributed by atoms with E-state index in [4.69, 9.17) is 0 Å². The highest BCUT2D eigenvalue weighted by Crippen LogP contribution is 2.24. The van der Waals surface area contributed by atoms with Crippen LogP contribution in [0.5, 0.6) is 0 Å². The van der Waals surface area contributed by atoms with Crippen LogP contribution in [0.15, 0.2) is 97.1 Å². The zero-order valence-corrected chi connectivity index (χ0v) is 12.4. The van der Waals surface area contributed by atoms with E-state index in [0.29, 0.717) is 0 Å². The maximum atomic E-state index is 2.16. The zero-order valence-electron chi connectivity index (χ0n) is 12.4. The number of hydrogen-bond donors (Lipinski definition) is 0. The largest absolute Gasteiger partial charge is 0.0622 e. The van der Waals surface area contributed by atoms with Crippen LogP contribution >= 0.6 is 0 Å². The molecule has 3 aromatic rings. The average molecular weight is 282 g/mol. The molecule has 0 atom stereocenters. The summed E-state index contributed by atoms with van der Waals surface area (Å²) >= 11 is 0. The molecule has 0 nitrogen and oxygen atoms in total. The van der Waals surface area contributed by atoms with E-state index in [0.717, 1.165) is 0 Å². The Morgan fingerprint density at radius 3 is 1.86 bits per heavy atom. The van der Waals surface area contributed by atoms with E-state index in [2.05, 4.69) is 85.0 Å². The van der Waals surface area contributed by atoms with E-state index >= 15 is 0 Å². The summed E-state index contributed by atoms with van der Waals surface area (Å²) in [5.41, 5.74) is 4.94. The van der Waals surface area contributed by atoms with Crippen LogP contribution < -0.4 is 0 Å². The predicted molar refractivity (Wildman–Crippen MR) is 96.4 cm³/mol. The fourth-order valence-electron chi connectivity index (χ4n) is 2.41. The van der Waals surface area contributed by atoms with Crippen molar-refractivity contribution in [1.82, 2.24) is 0 Å². The third-order valence-corrected chi connectivity index (χ3v) is 3.52. The summed E-state index contributed by atoms with van der Waals surface area (Å²) in [4.78, 5) is 0. The molecule has 0 unspecified atom stereocenters. The molecule has 0 saturated carbocycles. The highest BCUT2D eigenvalue weighted by atomic mass is 14.0. The van der Waals surface area contributed by atoms with Crippen molar-refractivity contribution in [1.29, 1.82) is 0 Å². The number of benzene rings is 3. The van der Waals surface area contributed by atoms with Gasteiger partial charge in [0.15, 0.2) is 0 Å². The molecule has 0 aliphatic carbocycles. The molecule has 0 aliphatic rings. The van der Waals surface area contributed by atoms with Crippen molar-refractivity contribution in [2.75, 3.05) is 0 Å². The number of allylic oxidation sites excluding steroid dienone is 2. The smallest absolute Gasteiger partial charge is 0.0111 e. The third kappa shape index (κ3) is 3.62. The van der Waals surface area contributed by atoms with Crippen molar-refractivity contribution in [3.05, 3.63) is 108 Å². The lowest BCUT2D eigenvalue weighted by Crippen LogP contribution is -1.81. The van der Waals surface area contributed by atoms with Crippen molar-refractivity contribution >= 4 is 12.2 Å². The number of hydrogen-bond acceptors (Lipinski definition) is 0. The Balaban J connectivity index is 1.81. The molecule has 0 fully saturated rings. The van der Waals surface area contributed by atoms with Crippen LogP contribution in [0.4, 0.5) is 0 Å². The fourth-order valence-corrected chi connectivity index (χ4v) is 2.41. The van der Waals surface area contributed by atoms with Gasteiger partial charge in [0.25, 0.3) is 0 Å². The van der Waals surface area contributed by atoms with Crippen molar-refractivity contribution in [2.24, 2.45) is 0 Å². The van der Waals surface area contributed by atoms with Gasteiger partial charge in [-0.3, -0.25) is 0 Å². The van der Waals surface area contributed by atoms with E-state index in [-0.39, 0.29) is 0 Å². The Bertz CT molecular complexity index is 765. The predicted octanol–water partition coefficient (Wildman–Crippen LogP) is 6.08. The minimum Gasteiger partial charge on any atom is -0.0622 e. The van der Waals surface area contributed by atoms with Gasteiger partial charge in [0.05, 0.1) is 0 Å². The second-order valence-corrected chi connectivity index (χ2v) is 5.08. The van der Waals surface area contributed by atoms with Gasteiger partial charge in [-0.05, 0) is 22.3 Å². The molecule has 3 rings (SSSR count). The van der Waals surface area contributed by atoms with Crippen molar-refractivity contribution in [3.63, 3.8) is 0 Å². The first kappa shape index (κ1) is 14.1. The Morgan fingerprint density at radius 1 is 0.500 bits per heavy atom. The van der Waals surface area contributed by atoms with Crippen LogP contribution in [0.1, 0.15) is 11.1 Å². The van der Waals surface area contributed by atoms with Gasteiger partial charge in [-0.15, -0.1) is 0 Å². The van der Waals surface area contributed by atoms with Crippen LogP contribution in [0.25, 0.3) is 23.3 Å². The summed E-state index contributed by atoms with van der Waals surface area (Å²) in [6, 6.07) is 29.3. The zero-order chi connectivity index (χ0) is 15.0. The van der Waals surface area contributed by atoms with Gasteiger partial charge < -0.3 is 0 Å². The molecule has 0 aromatic heterocycles. The third-order valence-electron chi connectivity index (χ3n) is 3.52. The van der Waals surface area contributed by atoms with Crippen LogP contribution in [0.3, 0.4) is 0 Å². The minimum absolute atomic E-state index is 1.21. The Kier molecular flexibility index (Phi) is 4.63. The minimum atomic E-state index is 1.21. The SMILES string of the molecule is C(C=Cc1ccccc1-c1ccccc1)=Cc1ccccc1. The Hall–Kier alpha value is -2.86. The lowest BCUT2D eigenvalue weighted by atomic mass is 9.99. The molecule has 0 amide bonds. The normalized spacial score (nSPS) is 11.3. The lowest BCUT2D eigenvalue weighted by molar-refractivity contribution is 1.59. The first-order valence-electron chi connectivity index (χ1n) is 7.48. The standard InChI is InChI=1S/C22H18/c1-3-11-19(12-4-1)13-7-8-16-21-17-9-10-18-22(21)20-14-5-2-6-15-20/h1-18H. The second-order valence-electron chi connectivity index (χ2n) is 5.08. The molecule has 0 aliphatic heterocycles. The first-order chi connectivity index (χ1) is 10.9. The summed E-state index contributed by atoms with van der Waals surface area (Å²) in [6.45, 7) is 0. The Morgan fingerprint density at radius 2 is 1.09 bits per heavy atom. The van der Waals surface area contributed by atoms with E-state index in [1.54, 1.807) is 0 Å². The highest BCUT2D eigenvalue weighted by Gasteiger charge is 2.00. The summed E-state index contributed by atoms with van der Waals surface area (Å²) in [5, 5.41) is 0. The number of rotatable bonds is 4. The maximum Gasteiger partial charge on any atom is -0.0111 e. The van der Waals surface area contributed by atoms with Gasteiger partial charge in [-0.25, -0.2) is 0 Å². The van der Waals surface area contributed by atoms with Gasteiger partial charge in [0, 0.05) is 0 Å². The summed E-state index contributed by atoms with van der Waals surface area (Å²) < 4.78 is 0. The summed E-state index contributed by atoms with van der Waals surface area (Å²) in [6.07, 6.45) is 8.44. The van der Waals surface area contributed by atoms with Crippen LogP contribution in [-0.2, 0) is 0 Å². The fraction of sp³-hybridized carbons (Fsp3) is 0. The molecular weight excluding hydrogens is 264 g/mol. The van der Waals surface area contributed by atoms with E-state index < -0.39 is 0 Å². The maximum absolute atomic E-state index is 2.16. The van der Waals surface area contributed by atoms with Crippen molar-refractivity contribution in [2.45, 2.75) is 0 Å². The summed E-state index contributed by atoms with van der Waals surface area (Å²) in [5.74, 6) is 0. The van der Waals surface area contributed by atoms with Crippen LogP contribution in [0.2, 0.25) is 0 Å². The Labute approximate surface area is 132 Å². The summed E-state index contributed by atoms with van der Waals surface area (Å²) in [7, 11) is 0. The lowest BCUT2D eigenvalue weighted by Gasteiger charge is -2.05. The van der Waals surface area contributed by atoms with Crippen molar-refractivity contribution < 1.29 is 0 Å². The molecule has 22 heavy (non-hydrogen) atoms. The van der Waals surface area contributed by atoms with Crippen LogP contribution in [-0.4, -0.2) is 0 Å². The molecule has 0 bridgehead atoms. The highest BCUT2D eigenvalue weighted by molar-refractivity contribution is 5.75. The molecule has 0 heteroatoms. The van der Waals surface area contributed by atoms with Crippen molar-refractivity contribution in [3.8, 4) is 11.1 Å². The van der Waals surface area contributed by atoms with Gasteiger partial charge in [0.2, 0.25) is 0 Å².